The maximum absolute atomic E-state index is 6.35. The van der Waals surface area contributed by atoms with Gasteiger partial charge in [0.1, 0.15) is 4.49 Å². The largest absolute Gasteiger partial charge is 0.116 e. The van der Waals surface area contributed by atoms with Crippen LogP contribution in [0.3, 0.4) is 0 Å². The van der Waals surface area contributed by atoms with Crippen LogP contribution in [0.2, 0.25) is 0 Å². The molecule has 0 N–H and O–H groups in total. The van der Waals surface area contributed by atoms with Crippen LogP contribution in [0.4, 0.5) is 0 Å². The Bertz CT molecular complexity index is 594. The van der Waals surface area contributed by atoms with Crippen molar-refractivity contribution < 1.29 is 0 Å². The summed E-state index contributed by atoms with van der Waals surface area (Å²) in [6.07, 6.45) is 1.84. The highest BCUT2D eigenvalue weighted by Gasteiger charge is 2.10. The monoisotopic (exact) mass is 308 g/mol. The first-order valence-corrected chi connectivity index (χ1v) is 6.85. The first-order chi connectivity index (χ1) is 9.18. The summed E-state index contributed by atoms with van der Waals surface area (Å²) in [5.74, 6) is 0. The fourth-order valence-electron chi connectivity index (χ4n) is 1.71. The molecule has 0 amide bonds. The predicted molar refractivity (Wildman–Crippen MR) is 85.3 cm³/mol. The van der Waals surface area contributed by atoms with Gasteiger partial charge in [0.2, 0.25) is 0 Å². The molecule has 2 aromatic carbocycles. The van der Waals surface area contributed by atoms with Crippen LogP contribution >= 0.6 is 34.8 Å². The van der Waals surface area contributed by atoms with Crippen molar-refractivity contribution >= 4 is 46.5 Å². The number of benzene rings is 2. The van der Waals surface area contributed by atoms with Crippen molar-refractivity contribution in [3.05, 3.63) is 81.3 Å². The highest BCUT2D eigenvalue weighted by molar-refractivity contribution is 6.60. The Labute approximate surface area is 127 Å². The van der Waals surface area contributed by atoms with E-state index in [2.05, 4.69) is 0 Å². The van der Waals surface area contributed by atoms with Crippen LogP contribution in [0.25, 0.3) is 11.6 Å². The van der Waals surface area contributed by atoms with Gasteiger partial charge in [0.05, 0.1) is 5.03 Å². The van der Waals surface area contributed by atoms with Crippen molar-refractivity contribution in [1.29, 1.82) is 0 Å². The Balaban J connectivity index is 2.43. The van der Waals surface area contributed by atoms with Crippen LogP contribution < -0.4 is 0 Å². The van der Waals surface area contributed by atoms with Crippen molar-refractivity contribution in [2.75, 3.05) is 0 Å². The molecular formula is C16H11Cl3. The molecule has 0 saturated heterocycles. The van der Waals surface area contributed by atoms with E-state index in [-0.39, 0.29) is 4.49 Å². The van der Waals surface area contributed by atoms with Gasteiger partial charge in [-0.05, 0) is 17.2 Å². The number of hydrogen-bond donors (Lipinski definition) is 0. The smallest absolute Gasteiger partial charge is 0.0836 e. The Morgan fingerprint density at radius 2 is 1.26 bits per heavy atom. The minimum absolute atomic E-state index is 0.156. The molecule has 0 aromatic heterocycles. The first kappa shape index (κ1) is 14.2. The average Bonchev–Trinajstić information content (AvgIpc) is 2.40. The van der Waals surface area contributed by atoms with Crippen molar-refractivity contribution in [3.63, 3.8) is 0 Å². The first-order valence-electron chi connectivity index (χ1n) is 5.72. The van der Waals surface area contributed by atoms with E-state index in [4.69, 9.17) is 34.8 Å². The highest BCUT2D eigenvalue weighted by atomic mass is 35.5. The lowest BCUT2D eigenvalue weighted by atomic mass is 10.1. The van der Waals surface area contributed by atoms with Crippen LogP contribution in [-0.4, -0.2) is 0 Å². The van der Waals surface area contributed by atoms with Gasteiger partial charge in [-0.2, -0.15) is 0 Å². The molecule has 0 heterocycles. The molecular weight excluding hydrogens is 299 g/mol. The number of allylic oxidation sites excluding steroid dienone is 2. The van der Waals surface area contributed by atoms with E-state index in [0.717, 1.165) is 11.1 Å². The van der Waals surface area contributed by atoms with Crippen LogP contribution in [-0.2, 0) is 0 Å². The zero-order chi connectivity index (χ0) is 13.7. The third kappa shape index (κ3) is 3.87. The Morgan fingerprint density at radius 1 is 0.737 bits per heavy atom. The fraction of sp³-hybridized carbons (Fsp3) is 0. The molecule has 3 heteroatoms. The van der Waals surface area contributed by atoms with Gasteiger partial charge in [0.15, 0.2) is 0 Å². The van der Waals surface area contributed by atoms with Crippen molar-refractivity contribution in [2.24, 2.45) is 0 Å². The molecule has 2 rings (SSSR count). The average molecular weight is 310 g/mol. The molecule has 0 nitrogen and oxygen atoms in total. The molecule has 0 aliphatic rings. The molecule has 96 valence electrons. The summed E-state index contributed by atoms with van der Waals surface area (Å²) in [6.45, 7) is 0. The molecule has 19 heavy (non-hydrogen) atoms. The van der Waals surface area contributed by atoms with Gasteiger partial charge in [-0.3, -0.25) is 0 Å². The SMILES string of the molecule is ClC(=Cc1ccccc1)C(=C(Cl)Cl)c1ccccc1. The Morgan fingerprint density at radius 3 is 1.79 bits per heavy atom. The van der Waals surface area contributed by atoms with E-state index < -0.39 is 0 Å². The molecule has 0 atom stereocenters. The summed E-state index contributed by atoms with van der Waals surface area (Å²) >= 11 is 18.3. The van der Waals surface area contributed by atoms with Crippen molar-refractivity contribution in [1.82, 2.24) is 0 Å². The standard InChI is InChI=1S/C16H11Cl3/c17-14(11-12-7-3-1-4-8-12)15(16(18)19)13-9-5-2-6-10-13/h1-11H. The molecule has 0 spiro atoms. The molecule has 0 fully saturated rings. The summed E-state index contributed by atoms with van der Waals surface area (Å²) < 4.78 is 0.156. The van der Waals surface area contributed by atoms with E-state index >= 15 is 0 Å². The van der Waals surface area contributed by atoms with E-state index in [1.807, 2.05) is 66.7 Å². The zero-order valence-corrected chi connectivity index (χ0v) is 12.3. The van der Waals surface area contributed by atoms with Gasteiger partial charge >= 0.3 is 0 Å². The Hall–Kier alpha value is -1.21. The summed E-state index contributed by atoms with van der Waals surface area (Å²) in [7, 11) is 0. The summed E-state index contributed by atoms with van der Waals surface area (Å²) in [4.78, 5) is 0. The summed E-state index contributed by atoms with van der Waals surface area (Å²) in [5.41, 5.74) is 2.52. The second kappa shape index (κ2) is 6.81. The summed E-state index contributed by atoms with van der Waals surface area (Å²) in [5, 5.41) is 0.511. The van der Waals surface area contributed by atoms with Crippen molar-refractivity contribution in [2.45, 2.75) is 0 Å². The van der Waals surface area contributed by atoms with E-state index in [1.54, 1.807) is 0 Å². The van der Waals surface area contributed by atoms with E-state index in [9.17, 15) is 0 Å². The lowest BCUT2D eigenvalue weighted by Gasteiger charge is -2.07. The van der Waals surface area contributed by atoms with Gasteiger partial charge in [-0.25, -0.2) is 0 Å². The number of halogens is 3. The third-order valence-corrected chi connectivity index (χ3v) is 3.26. The molecule has 0 aliphatic carbocycles. The van der Waals surface area contributed by atoms with Gasteiger partial charge in [-0.1, -0.05) is 95.5 Å². The second-order valence-corrected chi connectivity index (χ2v) is 5.26. The maximum Gasteiger partial charge on any atom is 0.116 e. The van der Waals surface area contributed by atoms with Gasteiger partial charge in [0, 0.05) is 5.57 Å². The topological polar surface area (TPSA) is 0 Å². The maximum atomic E-state index is 6.35. The third-order valence-electron chi connectivity index (χ3n) is 2.58. The quantitative estimate of drug-likeness (QED) is 0.600. The number of hydrogen-bond acceptors (Lipinski definition) is 0. The fourth-order valence-corrected chi connectivity index (χ4v) is 2.56. The molecule has 2 aromatic rings. The lowest BCUT2D eigenvalue weighted by Crippen LogP contribution is -1.86. The molecule has 0 saturated carbocycles. The van der Waals surface area contributed by atoms with Crippen LogP contribution in [0.15, 0.2) is 70.2 Å². The molecule has 0 unspecified atom stereocenters. The van der Waals surface area contributed by atoms with Crippen molar-refractivity contribution in [3.8, 4) is 0 Å². The van der Waals surface area contributed by atoms with Gasteiger partial charge < -0.3 is 0 Å². The lowest BCUT2D eigenvalue weighted by molar-refractivity contribution is 1.61. The minimum atomic E-state index is 0.156. The van der Waals surface area contributed by atoms with Crippen LogP contribution in [0.5, 0.6) is 0 Å². The van der Waals surface area contributed by atoms with Gasteiger partial charge in [-0.15, -0.1) is 0 Å². The normalized spacial score (nSPS) is 11.2. The van der Waals surface area contributed by atoms with E-state index in [1.165, 1.54) is 0 Å². The second-order valence-electron chi connectivity index (χ2n) is 3.90. The number of rotatable bonds is 3. The highest BCUT2D eigenvalue weighted by Crippen LogP contribution is 2.34. The van der Waals surface area contributed by atoms with Crippen LogP contribution in [0, 0.1) is 0 Å². The minimum Gasteiger partial charge on any atom is -0.0836 e. The van der Waals surface area contributed by atoms with E-state index in [0.29, 0.717) is 10.6 Å². The van der Waals surface area contributed by atoms with Gasteiger partial charge in [0.25, 0.3) is 0 Å². The molecule has 0 bridgehead atoms. The van der Waals surface area contributed by atoms with Crippen LogP contribution in [0.1, 0.15) is 11.1 Å². The predicted octanol–water partition coefficient (Wildman–Crippen LogP) is 6.11. The summed E-state index contributed by atoms with van der Waals surface area (Å²) in [6, 6.07) is 19.4. The molecule has 0 radical (unpaired) electrons. The zero-order valence-electron chi connectivity index (χ0n) is 9.98. The Kier molecular flexibility index (Phi) is 5.09. The molecule has 0 aliphatic heterocycles.